The third kappa shape index (κ3) is 2.95. The molecule has 6 aromatic rings. The third-order valence-corrected chi connectivity index (χ3v) is 5.59. The maximum atomic E-state index is 12.9. The van der Waals surface area contributed by atoms with Gasteiger partial charge in [0, 0.05) is 34.9 Å². The van der Waals surface area contributed by atoms with Crippen molar-refractivity contribution in [3.8, 4) is 16.8 Å². The van der Waals surface area contributed by atoms with E-state index in [2.05, 4.69) is 39.2 Å². The summed E-state index contributed by atoms with van der Waals surface area (Å²) in [5, 5.41) is 3.86. The maximum absolute atomic E-state index is 12.9. The Bertz CT molecular complexity index is 1670. The van der Waals surface area contributed by atoms with E-state index in [1.165, 1.54) is 0 Å². The van der Waals surface area contributed by atoms with E-state index in [1.807, 2.05) is 54.9 Å². The molecule has 3 aromatic carbocycles. The minimum Gasteiger partial charge on any atom is -0.268 e. The van der Waals surface area contributed by atoms with Gasteiger partial charge in [0.1, 0.15) is 6.33 Å². The highest BCUT2D eigenvalue weighted by Gasteiger charge is 2.08. The molecule has 3 aromatic heterocycles. The molecule has 0 aliphatic carbocycles. The lowest BCUT2D eigenvalue weighted by molar-refractivity contribution is 0.964. The molecule has 0 aliphatic rings. The van der Waals surface area contributed by atoms with E-state index < -0.39 is 0 Å². The van der Waals surface area contributed by atoms with Gasteiger partial charge in [-0.1, -0.05) is 30.3 Å². The van der Waals surface area contributed by atoms with Crippen LogP contribution in [0, 0.1) is 0 Å². The molecule has 0 atom stereocenters. The van der Waals surface area contributed by atoms with E-state index in [0.29, 0.717) is 10.9 Å². The highest BCUT2D eigenvalue weighted by Crippen LogP contribution is 2.27. The topological polar surface area (TPSA) is 60.7 Å². The van der Waals surface area contributed by atoms with Crippen LogP contribution < -0.4 is 5.56 Å². The second-order valence-electron chi connectivity index (χ2n) is 7.48. The minimum atomic E-state index is -0.0905. The second-order valence-corrected chi connectivity index (χ2v) is 7.48. The molecule has 0 N–H and O–H groups in total. The quantitative estimate of drug-likeness (QED) is 0.403. The molecule has 0 saturated heterocycles. The molecule has 5 nitrogen and oxygen atoms in total. The van der Waals surface area contributed by atoms with E-state index in [4.69, 9.17) is 0 Å². The Balaban J connectivity index is 1.44. The van der Waals surface area contributed by atoms with Gasteiger partial charge >= 0.3 is 0 Å². The fourth-order valence-corrected chi connectivity index (χ4v) is 3.93. The largest absolute Gasteiger partial charge is 0.268 e. The molecule has 0 radical (unpaired) electrons. The number of aromatic nitrogens is 4. The van der Waals surface area contributed by atoms with Crippen molar-refractivity contribution < 1.29 is 0 Å². The monoisotopic (exact) mass is 400 g/mol. The number of fused-ring (bicyclic) bond motifs is 3. The van der Waals surface area contributed by atoms with Gasteiger partial charge in [0.05, 0.1) is 22.1 Å². The molecule has 5 heteroatoms. The smallest absolute Gasteiger partial charge is 0.265 e. The van der Waals surface area contributed by atoms with Crippen LogP contribution in [0.3, 0.4) is 0 Å². The number of benzene rings is 3. The average Bonchev–Trinajstić information content (AvgIpc) is 2.83. The fourth-order valence-electron chi connectivity index (χ4n) is 3.93. The predicted molar refractivity (Wildman–Crippen MR) is 123 cm³/mol. The molecule has 3 heterocycles. The Kier molecular flexibility index (Phi) is 3.86. The molecule has 146 valence electrons. The zero-order chi connectivity index (χ0) is 20.8. The molecule has 31 heavy (non-hydrogen) atoms. The maximum Gasteiger partial charge on any atom is 0.265 e. The van der Waals surface area contributed by atoms with Crippen LogP contribution in [0.25, 0.3) is 49.4 Å². The fraction of sp³-hybridized carbons (Fsp3) is 0. The van der Waals surface area contributed by atoms with Gasteiger partial charge in [0.2, 0.25) is 0 Å². The summed E-state index contributed by atoms with van der Waals surface area (Å²) in [4.78, 5) is 26.2. The molecule has 0 unspecified atom stereocenters. The first-order chi connectivity index (χ1) is 15.3. The summed E-state index contributed by atoms with van der Waals surface area (Å²) in [6.07, 6.45) is 7.11. The molecule has 0 fully saturated rings. The van der Waals surface area contributed by atoms with Crippen molar-refractivity contribution in [2.45, 2.75) is 0 Å². The van der Waals surface area contributed by atoms with Crippen LogP contribution in [-0.2, 0) is 0 Å². The van der Waals surface area contributed by atoms with Crippen LogP contribution in [0.15, 0.2) is 103 Å². The summed E-state index contributed by atoms with van der Waals surface area (Å²) < 4.78 is 1.56. The van der Waals surface area contributed by atoms with Crippen LogP contribution in [0.2, 0.25) is 0 Å². The zero-order valence-electron chi connectivity index (χ0n) is 16.4. The summed E-state index contributed by atoms with van der Waals surface area (Å²) in [6.45, 7) is 0. The van der Waals surface area contributed by atoms with Crippen LogP contribution >= 0.6 is 0 Å². The molecular formula is C26H16N4O. The van der Waals surface area contributed by atoms with Crippen LogP contribution in [0.5, 0.6) is 0 Å². The summed E-state index contributed by atoms with van der Waals surface area (Å²) in [6, 6.07) is 23.6. The van der Waals surface area contributed by atoms with Gasteiger partial charge in [-0.25, -0.2) is 4.98 Å². The first-order valence-corrected chi connectivity index (χ1v) is 9.97. The van der Waals surface area contributed by atoms with Crippen LogP contribution in [0.1, 0.15) is 0 Å². The lowest BCUT2D eigenvalue weighted by Crippen LogP contribution is -2.18. The molecule has 0 saturated carbocycles. The number of nitrogens with zero attached hydrogens (tertiary/aromatic N) is 4. The highest BCUT2D eigenvalue weighted by molar-refractivity contribution is 5.89. The SMILES string of the molecule is O=c1c2ccccc2ncn1-c1ccc2cc(-c3ccc4cnccc4c3)cnc2c1. The normalized spacial score (nSPS) is 11.4. The first-order valence-electron chi connectivity index (χ1n) is 9.97. The van der Waals surface area contributed by atoms with Crippen molar-refractivity contribution in [3.05, 3.63) is 108 Å². The minimum absolute atomic E-state index is 0.0905. The summed E-state index contributed by atoms with van der Waals surface area (Å²) >= 11 is 0. The van der Waals surface area contributed by atoms with Gasteiger partial charge in [-0.15, -0.1) is 0 Å². The van der Waals surface area contributed by atoms with E-state index in [0.717, 1.165) is 38.5 Å². The average molecular weight is 400 g/mol. The van der Waals surface area contributed by atoms with Gasteiger partial charge in [-0.2, -0.15) is 0 Å². The first kappa shape index (κ1) is 17.5. The number of hydrogen-bond donors (Lipinski definition) is 0. The van der Waals surface area contributed by atoms with Crippen molar-refractivity contribution in [1.29, 1.82) is 0 Å². The van der Waals surface area contributed by atoms with Gasteiger partial charge in [0.15, 0.2) is 0 Å². The van der Waals surface area contributed by atoms with E-state index >= 15 is 0 Å². The Morgan fingerprint density at radius 1 is 0.677 bits per heavy atom. The van der Waals surface area contributed by atoms with E-state index in [9.17, 15) is 4.79 Å². The van der Waals surface area contributed by atoms with Gasteiger partial charge in [-0.05, 0) is 53.4 Å². The third-order valence-electron chi connectivity index (χ3n) is 5.59. The van der Waals surface area contributed by atoms with Crippen molar-refractivity contribution >= 4 is 32.6 Å². The van der Waals surface area contributed by atoms with Crippen molar-refractivity contribution in [2.24, 2.45) is 0 Å². The lowest BCUT2D eigenvalue weighted by atomic mass is 10.0. The Morgan fingerprint density at radius 3 is 2.52 bits per heavy atom. The standard InChI is InChI=1S/C26H16N4O/c31-26-23-3-1-2-4-24(23)29-16-30(26)22-8-7-19-12-21(15-28-25(19)13-22)17-5-6-20-14-27-10-9-18(20)11-17/h1-16H. The van der Waals surface area contributed by atoms with Crippen molar-refractivity contribution in [1.82, 2.24) is 19.5 Å². The Hall–Kier alpha value is -4.38. The van der Waals surface area contributed by atoms with Gasteiger partial charge < -0.3 is 0 Å². The number of rotatable bonds is 2. The number of para-hydroxylation sites is 1. The summed E-state index contributed by atoms with van der Waals surface area (Å²) in [5.41, 5.74) is 4.32. The Morgan fingerprint density at radius 2 is 1.55 bits per heavy atom. The van der Waals surface area contributed by atoms with E-state index in [-0.39, 0.29) is 5.56 Å². The molecular weight excluding hydrogens is 384 g/mol. The highest BCUT2D eigenvalue weighted by atomic mass is 16.1. The predicted octanol–water partition coefficient (Wildman–Crippen LogP) is 5.15. The molecule has 0 bridgehead atoms. The summed E-state index contributed by atoms with van der Waals surface area (Å²) in [5.74, 6) is 0. The lowest BCUT2D eigenvalue weighted by Gasteiger charge is -2.09. The Labute approximate surface area is 177 Å². The van der Waals surface area contributed by atoms with E-state index in [1.54, 1.807) is 23.2 Å². The van der Waals surface area contributed by atoms with Crippen molar-refractivity contribution in [2.75, 3.05) is 0 Å². The molecule has 6 rings (SSSR count). The number of pyridine rings is 2. The molecule has 0 spiro atoms. The van der Waals surface area contributed by atoms with Crippen LogP contribution in [-0.4, -0.2) is 19.5 Å². The molecule has 0 aliphatic heterocycles. The van der Waals surface area contributed by atoms with Gasteiger partial charge in [0.25, 0.3) is 5.56 Å². The number of hydrogen-bond acceptors (Lipinski definition) is 4. The van der Waals surface area contributed by atoms with Gasteiger partial charge in [-0.3, -0.25) is 19.3 Å². The second kappa shape index (κ2) is 6.85. The van der Waals surface area contributed by atoms with Crippen LogP contribution in [0.4, 0.5) is 0 Å². The zero-order valence-corrected chi connectivity index (χ0v) is 16.4. The molecule has 0 amide bonds. The summed E-state index contributed by atoms with van der Waals surface area (Å²) in [7, 11) is 0. The van der Waals surface area contributed by atoms with Crippen molar-refractivity contribution in [3.63, 3.8) is 0 Å².